The number of hydrogen-bond acceptors (Lipinski definition) is 4. The monoisotopic (exact) mass is 354 g/mol. The first kappa shape index (κ1) is 20.1. The Hall–Kier alpha value is -2.24. The lowest BCUT2D eigenvalue weighted by molar-refractivity contribution is -0.134. The zero-order valence-electron chi connectivity index (χ0n) is 14.8. The van der Waals surface area contributed by atoms with Crippen LogP contribution in [-0.2, 0) is 22.7 Å². The highest BCUT2D eigenvalue weighted by Gasteiger charge is 2.32. The Labute approximate surface area is 155 Å². The molecule has 0 unspecified atom stereocenters. The summed E-state index contributed by atoms with van der Waals surface area (Å²) in [7, 11) is 0. The largest absolute Gasteiger partial charge is 0.387 e. The van der Waals surface area contributed by atoms with E-state index < -0.39 is 24.4 Å². The molecule has 2 aromatic rings. The highest BCUT2D eigenvalue weighted by atomic mass is 16.5. The van der Waals surface area contributed by atoms with Gasteiger partial charge in [-0.1, -0.05) is 72.8 Å². The fourth-order valence-electron chi connectivity index (χ4n) is 2.56. The zero-order chi connectivity index (χ0) is 18.8. The lowest BCUT2D eigenvalue weighted by Gasteiger charge is -2.30. The molecule has 0 amide bonds. The van der Waals surface area contributed by atoms with E-state index in [9.17, 15) is 10.2 Å². The van der Waals surface area contributed by atoms with Crippen LogP contribution in [0.25, 0.3) is 0 Å². The maximum absolute atomic E-state index is 10.7. The average Bonchev–Trinajstić information content (AvgIpc) is 2.70. The van der Waals surface area contributed by atoms with Crippen LogP contribution in [0.4, 0.5) is 0 Å². The molecule has 2 N–H and O–H groups in total. The molecule has 0 aliphatic heterocycles. The molecule has 0 radical (unpaired) electrons. The highest BCUT2D eigenvalue weighted by molar-refractivity contribution is 5.14. The summed E-state index contributed by atoms with van der Waals surface area (Å²) < 4.78 is 11.6. The number of aliphatic hydroxyl groups is 2. The van der Waals surface area contributed by atoms with Crippen LogP contribution in [0.5, 0.6) is 0 Å². The number of ether oxygens (including phenoxy) is 2. The molecule has 0 heterocycles. The van der Waals surface area contributed by atoms with Gasteiger partial charge in [0.1, 0.15) is 24.4 Å². The van der Waals surface area contributed by atoms with Gasteiger partial charge in [-0.2, -0.15) is 0 Å². The number of rotatable bonds is 11. The fourth-order valence-corrected chi connectivity index (χ4v) is 2.56. The van der Waals surface area contributed by atoms with Gasteiger partial charge in [0.05, 0.1) is 13.2 Å². The van der Waals surface area contributed by atoms with Crippen molar-refractivity contribution in [3.8, 4) is 0 Å². The first-order valence-electron chi connectivity index (χ1n) is 8.58. The maximum Gasteiger partial charge on any atom is 0.116 e. The molecular formula is C22H26O4. The summed E-state index contributed by atoms with van der Waals surface area (Å²) in [4.78, 5) is 0. The molecule has 0 aliphatic carbocycles. The molecule has 0 fully saturated rings. The van der Waals surface area contributed by atoms with Gasteiger partial charge >= 0.3 is 0 Å². The molecular weight excluding hydrogens is 328 g/mol. The molecule has 2 aromatic carbocycles. The van der Waals surface area contributed by atoms with Crippen molar-refractivity contribution in [2.75, 3.05) is 0 Å². The first-order chi connectivity index (χ1) is 12.7. The summed E-state index contributed by atoms with van der Waals surface area (Å²) in [6.45, 7) is 7.91. The smallest absolute Gasteiger partial charge is 0.116 e. The molecule has 26 heavy (non-hydrogen) atoms. The van der Waals surface area contributed by atoms with Crippen molar-refractivity contribution in [1.82, 2.24) is 0 Å². The molecule has 4 atom stereocenters. The lowest BCUT2D eigenvalue weighted by atomic mass is 10.0. The fraction of sp³-hybridized carbons (Fsp3) is 0.273. The lowest BCUT2D eigenvalue weighted by Crippen LogP contribution is -2.45. The van der Waals surface area contributed by atoms with Gasteiger partial charge in [-0.15, -0.1) is 13.2 Å². The van der Waals surface area contributed by atoms with Gasteiger partial charge in [0.15, 0.2) is 0 Å². The number of aliphatic hydroxyl groups excluding tert-OH is 2. The second-order valence-corrected chi connectivity index (χ2v) is 5.98. The molecule has 4 heteroatoms. The average molecular weight is 354 g/mol. The standard InChI is InChI=1S/C22H26O4/c1-3-19(23)22(26-16-18-13-9-6-10-14-18)21(24)20(4-2)25-15-17-11-7-5-8-12-17/h3-14,19-24H,1-2,15-16H2/t19-,20-,21+,22+/m0/s1. The van der Waals surface area contributed by atoms with Crippen LogP contribution >= 0.6 is 0 Å². The summed E-state index contributed by atoms with van der Waals surface area (Å²) in [5, 5.41) is 20.9. The van der Waals surface area contributed by atoms with Crippen LogP contribution in [0, 0.1) is 0 Å². The quantitative estimate of drug-likeness (QED) is 0.608. The van der Waals surface area contributed by atoms with Crippen LogP contribution < -0.4 is 0 Å². The van der Waals surface area contributed by atoms with E-state index in [1.807, 2.05) is 60.7 Å². The minimum atomic E-state index is -1.09. The van der Waals surface area contributed by atoms with Gasteiger partial charge in [0.2, 0.25) is 0 Å². The normalized spacial score (nSPS) is 15.6. The molecule has 0 spiro atoms. The number of hydrogen-bond donors (Lipinski definition) is 2. The van der Waals surface area contributed by atoms with Crippen LogP contribution in [0.1, 0.15) is 11.1 Å². The van der Waals surface area contributed by atoms with E-state index in [1.54, 1.807) is 0 Å². The van der Waals surface area contributed by atoms with E-state index in [4.69, 9.17) is 9.47 Å². The van der Waals surface area contributed by atoms with E-state index in [2.05, 4.69) is 13.2 Å². The number of benzene rings is 2. The van der Waals surface area contributed by atoms with Gasteiger partial charge < -0.3 is 19.7 Å². The molecule has 0 aliphatic rings. The molecule has 0 saturated carbocycles. The second-order valence-electron chi connectivity index (χ2n) is 5.98. The van der Waals surface area contributed by atoms with Gasteiger partial charge in [-0.05, 0) is 11.1 Å². The third-order valence-electron chi connectivity index (χ3n) is 4.05. The van der Waals surface area contributed by atoms with Crippen LogP contribution in [0.3, 0.4) is 0 Å². The predicted octanol–water partition coefficient (Wildman–Crippen LogP) is 3.25. The Kier molecular flexibility index (Phi) is 8.25. The first-order valence-corrected chi connectivity index (χ1v) is 8.58. The van der Waals surface area contributed by atoms with Crippen molar-refractivity contribution in [3.05, 3.63) is 97.1 Å². The van der Waals surface area contributed by atoms with Crippen molar-refractivity contribution in [1.29, 1.82) is 0 Å². The topological polar surface area (TPSA) is 58.9 Å². The van der Waals surface area contributed by atoms with E-state index in [1.165, 1.54) is 12.2 Å². The van der Waals surface area contributed by atoms with E-state index >= 15 is 0 Å². The minimum Gasteiger partial charge on any atom is -0.387 e. The Balaban J connectivity index is 2.01. The minimum absolute atomic E-state index is 0.260. The molecule has 2 rings (SSSR count). The van der Waals surface area contributed by atoms with Crippen molar-refractivity contribution in [3.63, 3.8) is 0 Å². The van der Waals surface area contributed by atoms with Crippen molar-refractivity contribution in [2.24, 2.45) is 0 Å². The summed E-state index contributed by atoms with van der Waals surface area (Å²) in [6.07, 6.45) is -0.833. The zero-order valence-corrected chi connectivity index (χ0v) is 14.8. The van der Waals surface area contributed by atoms with E-state index in [-0.39, 0.29) is 6.61 Å². The molecule has 0 saturated heterocycles. The van der Waals surface area contributed by atoms with Gasteiger partial charge in [0.25, 0.3) is 0 Å². The molecule has 4 nitrogen and oxygen atoms in total. The van der Waals surface area contributed by atoms with Crippen molar-refractivity contribution >= 4 is 0 Å². The summed E-state index contributed by atoms with van der Waals surface area (Å²) in [5.74, 6) is 0. The Bertz CT molecular complexity index is 656. The summed E-state index contributed by atoms with van der Waals surface area (Å²) >= 11 is 0. The Morgan fingerprint density at radius 3 is 1.73 bits per heavy atom. The SMILES string of the molecule is C=C[C@H](OCc1ccccc1)[C@@H](O)[C@H](OCc1ccccc1)[C@@H](O)C=C. The van der Waals surface area contributed by atoms with E-state index in [0.717, 1.165) is 11.1 Å². The van der Waals surface area contributed by atoms with Crippen molar-refractivity contribution < 1.29 is 19.7 Å². The van der Waals surface area contributed by atoms with Crippen LogP contribution in [0.2, 0.25) is 0 Å². The highest BCUT2D eigenvalue weighted by Crippen LogP contribution is 2.17. The van der Waals surface area contributed by atoms with Crippen LogP contribution in [-0.4, -0.2) is 34.6 Å². The Morgan fingerprint density at radius 1 is 0.769 bits per heavy atom. The van der Waals surface area contributed by atoms with Crippen molar-refractivity contribution in [2.45, 2.75) is 37.6 Å². The molecule has 0 bridgehead atoms. The van der Waals surface area contributed by atoms with Gasteiger partial charge in [-0.25, -0.2) is 0 Å². The van der Waals surface area contributed by atoms with Crippen LogP contribution in [0.15, 0.2) is 86.0 Å². The maximum atomic E-state index is 10.7. The third kappa shape index (κ3) is 5.93. The second kappa shape index (κ2) is 10.7. The van der Waals surface area contributed by atoms with E-state index in [0.29, 0.717) is 6.61 Å². The molecule has 0 aromatic heterocycles. The summed E-state index contributed by atoms with van der Waals surface area (Å²) in [6, 6.07) is 19.2. The van der Waals surface area contributed by atoms with Gasteiger partial charge in [-0.3, -0.25) is 0 Å². The third-order valence-corrected chi connectivity index (χ3v) is 4.05. The summed E-state index contributed by atoms with van der Waals surface area (Å²) in [5.41, 5.74) is 1.93. The van der Waals surface area contributed by atoms with Gasteiger partial charge in [0, 0.05) is 0 Å². The Morgan fingerprint density at radius 2 is 1.27 bits per heavy atom. The predicted molar refractivity (Wildman–Crippen MR) is 102 cm³/mol. The molecule has 138 valence electrons.